The quantitative estimate of drug-likeness (QED) is 0.858. The smallest absolute Gasteiger partial charge is 0.161 e. The summed E-state index contributed by atoms with van der Waals surface area (Å²) in [5.41, 5.74) is 1.63. The van der Waals surface area contributed by atoms with E-state index in [1.165, 1.54) is 5.56 Å². The predicted molar refractivity (Wildman–Crippen MR) is 76.9 cm³/mol. The number of likely N-dealkylation sites (N-methyl/N-ethyl adjacent to an activating group) is 1. The lowest BCUT2D eigenvalue weighted by molar-refractivity contribution is 0.0424. The molecule has 0 bridgehead atoms. The number of methoxy groups -OCH3 is 2. The van der Waals surface area contributed by atoms with Gasteiger partial charge in [0.1, 0.15) is 0 Å². The third-order valence-corrected chi connectivity index (χ3v) is 2.94. The summed E-state index contributed by atoms with van der Waals surface area (Å²) in [6.07, 6.45) is 0. The van der Waals surface area contributed by atoms with Crippen molar-refractivity contribution in [3.05, 3.63) is 23.3 Å². The molecule has 0 radical (unpaired) electrons. The van der Waals surface area contributed by atoms with Crippen LogP contribution in [-0.4, -0.2) is 43.4 Å². The number of hydrogen-bond acceptors (Lipinski definition) is 4. The van der Waals surface area contributed by atoms with Crippen LogP contribution in [0.3, 0.4) is 0 Å². The standard InChI is InChI=1S/C15H25NO3/c1-11-7-13(18-5)14(19-6)8-12(11)9-16(4)10-15(2,3)17/h7-8,17H,9-10H2,1-6H3. The van der Waals surface area contributed by atoms with Crippen molar-refractivity contribution >= 4 is 0 Å². The average molecular weight is 267 g/mol. The third-order valence-electron chi connectivity index (χ3n) is 2.94. The van der Waals surface area contributed by atoms with Gasteiger partial charge in [0, 0.05) is 13.1 Å². The van der Waals surface area contributed by atoms with E-state index in [-0.39, 0.29) is 0 Å². The van der Waals surface area contributed by atoms with E-state index in [0.29, 0.717) is 6.54 Å². The molecular weight excluding hydrogens is 242 g/mol. The molecule has 0 atom stereocenters. The van der Waals surface area contributed by atoms with E-state index in [9.17, 15) is 5.11 Å². The van der Waals surface area contributed by atoms with Gasteiger partial charge in [-0.1, -0.05) is 0 Å². The fourth-order valence-electron chi connectivity index (χ4n) is 2.20. The molecule has 0 aliphatic carbocycles. The molecule has 1 N–H and O–H groups in total. The first-order valence-electron chi connectivity index (χ1n) is 6.39. The van der Waals surface area contributed by atoms with Crippen molar-refractivity contribution in [2.24, 2.45) is 0 Å². The second-order valence-electron chi connectivity index (χ2n) is 5.62. The Hall–Kier alpha value is -1.26. The van der Waals surface area contributed by atoms with E-state index in [0.717, 1.165) is 23.6 Å². The minimum absolute atomic E-state index is 0.612. The lowest BCUT2D eigenvalue weighted by atomic mass is 10.1. The number of benzene rings is 1. The maximum absolute atomic E-state index is 9.83. The summed E-state index contributed by atoms with van der Waals surface area (Å²) in [6.45, 7) is 7.04. The number of aliphatic hydroxyl groups is 1. The Morgan fingerprint density at radius 3 is 2.16 bits per heavy atom. The maximum atomic E-state index is 9.83. The van der Waals surface area contributed by atoms with E-state index < -0.39 is 5.60 Å². The highest BCUT2D eigenvalue weighted by atomic mass is 16.5. The highest BCUT2D eigenvalue weighted by Gasteiger charge is 2.17. The first-order valence-corrected chi connectivity index (χ1v) is 6.39. The molecule has 0 heterocycles. The van der Waals surface area contributed by atoms with Crippen LogP contribution >= 0.6 is 0 Å². The van der Waals surface area contributed by atoms with Gasteiger partial charge in [0.05, 0.1) is 19.8 Å². The highest BCUT2D eigenvalue weighted by molar-refractivity contribution is 5.47. The zero-order valence-corrected chi connectivity index (χ0v) is 12.8. The lowest BCUT2D eigenvalue weighted by Crippen LogP contribution is -2.35. The predicted octanol–water partition coefficient (Wildman–Crippen LogP) is 2.21. The minimum atomic E-state index is -0.695. The zero-order valence-electron chi connectivity index (χ0n) is 12.8. The summed E-state index contributed by atoms with van der Waals surface area (Å²) < 4.78 is 10.6. The van der Waals surface area contributed by atoms with Crippen LogP contribution in [0.2, 0.25) is 0 Å². The molecule has 1 rings (SSSR count). The molecule has 0 amide bonds. The first kappa shape index (κ1) is 15.8. The number of aryl methyl sites for hydroxylation is 1. The first-order chi connectivity index (χ1) is 8.76. The largest absolute Gasteiger partial charge is 0.493 e. The molecule has 108 valence electrons. The van der Waals surface area contributed by atoms with Crippen molar-refractivity contribution in [2.75, 3.05) is 27.8 Å². The number of nitrogens with zero attached hydrogens (tertiary/aromatic N) is 1. The van der Waals surface area contributed by atoms with Gasteiger partial charge in [-0.2, -0.15) is 0 Å². The molecule has 0 aliphatic rings. The molecule has 4 heteroatoms. The van der Waals surface area contributed by atoms with Crippen LogP contribution in [0, 0.1) is 6.92 Å². The zero-order chi connectivity index (χ0) is 14.6. The van der Waals surface area contributed by atoms with Gasteiger partial charge in [-0.15, -0.1) is 0 Å². The monoisotopic (exact) mass is 267 g/mol. The average Bonchev–Trinajstić information content (AvgIpc) is 2.28. The van der Waals surface area contributed by atoms with Gasteiger partial charge >= 0.3 is 0 Å². The number of ether oxygens (including phenoxy) is 2. The Labute approximate surface area is 115 Å². The van der Waals surface area contributed by atoms with E-state index in [2.05, 4.69) is 11.8 Å². The van der Waals surface area contributed by atoms with E-state index in [1.807, 2.05) is 33.0 Å². The van der Waals surface area contributed by atoms with Gasteiger partial charge in [-0.05, 0) is 51.1 Å². The van der Waals surface area contributed by atoms with Gasteiger partial charge in [-0.25, -0.2) is 0 Å². The van der Waals surface area contributed by atoms with Gasteiger partial charge in [0.2, 0.25) is 0 Å². The van der Waals surface area contributed by atoms with Gasteiger partial charge in [-0.3, -0.25) is 4.90 Å². The summed E-state index contributed by atoms with van der Waals surface area (Å²) in [5, 5.41) is 9.83. The van der Waals surface area contributed by atoms with Crippen molar-refractivity contribution in [3.8, 4) is 11.5 Å². The maximum Gasteiger partial charge on any atom is 0.161 e. The van der Waals surface area contributed by atoms with Crippen molar-refractivity contribution in [1.82, 2.24) is 4.90 Å². The molecule has 0 aromatic heterocycles. The Kier molecular flexibility index (Phi) is 5.20. The van der Waals surface area contributed by atoms with Gasteiger partial charge < -0.3 is 14.6 Å². The van der Waals surface area contributed by atoms with Crippen molar-refractivity contribution in [2.45, 2.75) is 32.9 Å². The van der Waals surface area contributed by atoms with Crippen molar-refractivity contribution in [1.29, 1.82) is 0 Å². The van der Waals surface area contributed by atoms with Gasteiger partial charge in [0.15, 0.2) is 11.5 Å². The Morgan fingerprint density at radius 2 is 1.68 bits per heavy atom. The van der Waals surface area contributed by atoms with Crippen molar-refractivity contribution in [3.63, 3.8) is 0 Å². The van der Waals surface area contributed by atoms with Crippen LogP contribution in [0.4, 0.5) is 0 Å². The molecule has 0 unspecified atom stereocenters. The molecule has 1 aromatic carbocycles. The molecule has 0 aliphatic heterocycles. The summed E-state index contributed by atoms with van der Waals surface area (Å²) in [4.78, 5) is 2.09. The summed E-state index contributed by atoms with van der Waals surface area (Å²) in [7, 11) is 5.27. The van der Waals surface area contributed by atoms with E-state index in [1.54, 1.807) is 14.2 Å². The Morgan fingerprint density at radius 1 is 1.16 bits per heavy atom. The minimum Gasteiger partial charge on any atom is -0.493 e. The summed E-state index contributed by atoms with van der Waals surface area (Å²) in [5.74, 6) is 1.48. The van der Waals surface area contributed by atoms with Crippen LogP contribution in [0.1, 0.15) is 25.0 Å². The second kappa shape index (κ2) is 6.26. The summed E-state index contributed by atoms with van der Waals surface area (Å²) >= 11 is 0. The normalized spacial score (nSPS) is 11.8. The molecule has 4 nitrogen and oxygen atoms in total. The molecular formula is C15H25NO3. The number of hydrogen-bond donors (Lipinski definition) is 1. The highest BCUT2D eigenvalue weighted by Crippen LogP contribution is 2.30. The fourth-order valence-corrected chi connectivity index (χ4v) is 2.20. The van der Waals surface area contributed by atoms with Crippen molar-refractivity contribution < 1.29 is 14.6 Å². The third kappa shape index (κ3) is 4.73. The Bertz CT molecular complexity index is 424. The Balaban J connectivity index is 2.89. The SMILES string of the molecule is COc1cc(C)c(CN(C)CC(C)(C)O)cc1OC. The van der Waals surface area contributed by atoms with Crippen LogP contribution in [-0.2, 0) is 6.54 Å². The van der Waals surface area contributed by atoms with Gasteiger partial charge in [0.25, 0.3) is 0 Å². The number of rotatable bonds is 6. The molecule has 1 aromatic rings. The van der Waals surface area contributed by atoms with Crippen LogP contribution < -0.4 is 9.47 Å². The second-order valence-corrected chi connectivity index (χ2v) is 5.62. The molecule has 0 spiro atoms. The fraction of sp³-hybridized carbons (Fsp3) is 0.600. The molecule has 0 fully saturated rings. The molecule has 0 saturated heterocycles. The molecule has 0 saturated carbocycles. The van der Waals surface area contributed by atoms with E-state index >= 15 is 0 Å². The van der Waals surface area contributed by atoms with Crippen LogP contribution in [0.25, 0.3) is 0 Å². The topological polar surface area (TPSA) is 41.9 Å². The lowest BCUT2D eigenvalue weighted by Gasteiger charge is -2.26. The molecule has 19 heavy (non-hydrogen) atoms. The van der Waals surface area contributed by atoms with Crippen LogP contribution in [0.15, 0.2) is 12.1 Å². The van der Waals surface area contributed by atoms with E-state index in [4.69, 9.17) is 9.47 Å². The van der Waals surface area contributed by atoms with Crippen LogP contribution in [0.5, 0.6) is 11.5 Å². The summed E-state index contributed by atoms with van der Waals surface area (Å²) in [6, 6.07) is 3.97.